The third-order valence-electron chi connectivity index (χ3n) is 4.14. The number of methoxy groups -OCH3 is 2. The lowest BCUT2D eigenvalue weighted by atomic mass is 10.1. The van der Waals surface area contributed by atoms with E-state index in [0.717, 1.165) is 25.5 Å². The van der Waals surface area contributed by atoms with Crippen molar-refractivity contribution >= 4 is 41.3 Å². The predicted molar refractivity (Wildman–Crippen MR) is 127 cm³/mol. The predicted octanol–water partition coefficient (Wildman–Crippen LogP) is 3.56. The number of aliphatic hydroxyl groups excluding tert-OH is 1. The quantitative estimate of drug-likeness (QED) is 0.302. The van der Waals surface area contributed by atoms with Gasteiger partial charge in [0.05, 0.1) is 26.9 Å². The van der Waals surface area contributed by atoms with Crippen molar-refractivity contribution in [2.75, 3.05) is 40.9 Å². The van der Waals surface area contributed by atoms with Crippen LogP contribution in [-0.4, -0.2) is 56.9 Å². The number of halogens is 1. The Labute approximate surface area is 188 Å². The van der Waals surface area contributed by atoms with E-state index in [2.05, 4.69) is 32.7 Å². The number of guanidine groups is 1. The smallest absolute Gasteiger partial charge is 0.193 e. The summed E-state index contributed by atoms with van der Waals surface area (Å²) in [6.45, 7) is 3.91. The summed E-state index contributed by atoms with van der Waals surface area (Å²) in [4.78, 5) is 8.04. The van der Waals surface area contributed by atoms with Crippen molar-refractivity contribution in [1.29, 1.82) is 0 Å². The molecule has 1 aromatic heterocycles. The highest BCUT2D eigenvalue weighted by Crippen LogP contribution is 2.26. The number of thiophene rings is 1. The minimum atomic E-state index is -0.742. The van der Waals surface area contributed by atoms with Crippen molar-refractivity contribution in [3.05, 3.63) is 46.2 Å². The molecule has 0 saturated carbocycles. The number of hydrogen-bond donors (Lipinski definition) is 2. The first kappa shape index (κ1) is 24.5. The second-order valence-electron chi connectivity index (χ2n) is 6.11. The molecule has 0 aliphatic heterocycles. The summed E-state index contributed by atoms with van der Waals surface area (Å²) in [6, 6.07) is 9.59. The maximum atomic E-state index is 10.6. The highest BCUT2D eigenvalue weighted by atomic mass is 127. The number of nitrogens with zero attached hydrogens (tertiary/aromatic N) is 2. The standard InChI is InChI=1S/C20H29N3O3S.HI/c1-5-21-20(23(2)9-8-18-7-6-10-27-18)22-14-19(24)15-11-16(25-3)13-17(12-15)26-4;/h6-7,10-13,19,24H,5,8-9,14H2,1-4H3,(H,21,22);1H. The van der Waals surface area contributed by atoms with Crippen molar-refractivity contribution < 1.29 is 14.6 Å². The van der Waals surface area contributed by atoms with Crippen LogP contribution in [0.1, 0.15) is 23.5 Å². The molecule has 156 valence electrons. The molecule has 0 fully saturated rings. The number of aliphatic imine (C=N–C) groups is 1. The van der Waals surface area contributed by atoms with E-state index in [0.29, 0.717) is 17.1 Å². The zero-order valence-corrected chi connectivity index (χ0v) is 20.0. The molecule has 0 aliphatic rings. The first-order valence-electron chi connectivity index (χ1n) is 9.00. The number of hydrogen-bond acceptors (Lipinski definition) is 5. The molecule has 0 aliphatic carbocycles. The maximum absolute atomic E-state index is 10.6. The van der Waals surface area contributed by atoms with Crippen molar-refractivity contribution in [2.45, 2.75) is 19.4 Å². The first-order chi connectivity index (χ1) is 13.1. The fraction of sp³-hybridized carbons (Fsp3) is 0.450. The molecule has 0 bridgehead atoms. The van der Waals surface area contributed by atoms with Gasteiger partial charge in [-0.2, -0.15) is 0 Å². The Bertz CT molecular complexity index is 703. The van der Waals surface area contributed by atoms with Gasteiger partial charge >= 0.3 is 0 Å². The van der Waals surface area contributed by atoms with Crippen LogP contribution in [0, 0.1) is 0 Å². The Balaban J connectivity index is 0.00000392. The third-order valence-corrected chi connectivity index (χ3v) is 5.08. The number of ether oxygens (including phenoxy) is 2. The molecule has 1 aromatic carbocycles. The van der Waals surface area contributed by atoms with E-state index in [-0.39, 0.29) is 30.5 Å². The summed E-state index contributed by atoms with van der Waals surface area (Å²) < 4.78 is 10.5. The van der Waals surface area contributed by atoms with Gasteiger partial charge < -0.3 is 24.8 Å². The van der Waals surface area contributed by atoms with E-state index in [1.54, 1.807) is 43.8 Å². The number of likely N-dealkylation sites (N-methyl/N-ethyl adjacent to an activating group) is 1. The first-order valence-corrected chi connectivity index (χ1v) is 9.88. The second kappa shape index (κ2) is 12.8. The van der Waals surface area contributed by atoms with Crippen LogP contribution < -0.4 is 14.8 Å². The molecule has 0 radical (unpaired) electrons. The highest BCUT2D eigenvalue weighted by Gasteiger charge is 2.13. The Morgan fingerprint density at radius 3 is 2.46 bits per heavy atom. The summed E-state index contributed by atoms with van der Waals surface area (Å²) in [5.41, 5.74) is 0.715. The van der Waals surface area contributed by atoms with Crippen molar-refractivity contribution in [2.24, 2.45) is 4.99 Å². The SMILES string of the molecule is CCNC(=NCC(O)c1cc(OC)cc(OC)c1)N(C)CCc1cccs1.I. The van der Waals surface area contributed by atoms with Crippen LogP contribution in [0.25, 0.3) is 0 Å². The van der Waals surface area contributed by atoms with Gasteiger partial charge in [-0.15, -0.1) is 35.3 Å². The molecule has 28 heavy (non-hydrogen) atoms. The highest BCUT2D eigenvalue weighted by molar-refractivity contribution is 14.0. The molecule has 1 unspecified atom stereocenters. The molecular formula is C20H30IN3O3S. The zero-order valence-electron chi connectivity index (χ0n) is 16.8. The monoisotopic (exact) mass is 519 g/mol. The second-order valence-corrected chi connectivity index (χ2v) is 7.14. The van der Waals surface area contributed by atoms with Crippen molar-refractivity contribution in [3.8, 4) is 11.5 Å². The molecule has 1 atom stereocenters. The molecule has 2 aromatic rings. The average Bonchev–Trinajstić information content (AvgIpc) is 3.22. The molecule has 2 N–H and O–H groups in total. The number of nitrogens with one attached hydrogen (secondary N) is 1. The lowest BCUT2D eigenvalue weighted by molar-refractivity contribution is 0.185. The zero-order chi connectivity index (χ0) is 19.6. The van der Waals surface area contributed by atoms with Crippen LogP contribution in [0.3, 0.4) is 0 Å². The van der Waals surface area contributed by atoms with Gasteiger partial charge in [-0.05, 0) is 42.5 Å². The Kier molecular flexibility index (Phi) is 11.2. The Morgan fingerprint density at radius 2 is 1.93 bits per heavy atom. The fourth-order valence-corrected chi connectivity index (χ4v) is 3.31. The molecule has 0 saturated heterocycles. The molecule has 2 rings (SSSR count). The minimum Gasteiger partial charge on any atom is -0.497 e. The van der Waals surface area contributed by atoms with E-state index >= 15 is 0 Å². The molecule has 1 heterocycles. The summed E-state index contributed by atoms with van der Waals surface area (Å²) in [7, 11) is 5.19. The van der Waals surface area contributed by atoms with Crippen LogP contribution in [0.4, 0.5) is 0 Å². The van der Waals surface area contributed by atoms with Gasteiger partial charge in [0.25, 0.3) is 0 Å². The molecular weight excluding hydrogens is 489 g/mol. The topological polar surface area (TPSA) is 66.3 Å². The third kappa shape index (κ3) is 7.48. The van der Waals surface area contributed by atoms with Gasteiger partial charge in [0.2, 0.25) is 0 Å². The number of benzene rings is 1. The van der Waals surface area contributed by atoms with E-state index < -0.39 is 6.10 Å². The van der Waals surface area contributed by atoms with Gasteiger partial charge in [-0.3, -0.25) is 4.99 Å². The summed E-state index contributed by atoms with van der Waals surface area (Å²) >= 11 is 1.76. The molecule has 6 nitrogen and oxygen atoms in total. The normalized spacial score (nSPS) is 12.1. The number of aliphatic hydroxyl groups is 1. The summed E-state index contributed by atoms with van der Waals surface area (Å²) in [6.07, 6.45) is 0.224. The largest absolute Gasteiger partial charge is 0.497 e. The molecule has 8 heteroatoms. The van der Waals surface area contributed by atoms with Gasteiger partial charge in [0.15, 0.2) is 5.96 Å². The van der Waals surface area contributed by atoms with E-state index in [9.17, 15) is 5.11 Å². The van der Waals surface area contributed by atoms with Crippen LogP contribution in [0.2, 0.25) is 0 Å². The van der Waals surface area contributed by atoms with Crippen LogP contribution >= 0.6 is 35.3 Å². The van der Waals surface area contributed by atoms with Gasteiger partial charge in [-0.25, -0.2) is 0 Å². The maximum Gasteiger partial charge on any atom is 0.193 e. The van der Waals surface area contributed by atoms with Gasteiger partial charge in [0.1, 0.15) is 11.5 Å². The van der Waals surface area contributed by atoms with E-state index in [4.69, 9.17) is 9.47 Å². The minimum absolute atomic E-state index is 0. The fourth-order valence-electron chi connectivity index (χ4n) is 2.61. The van der Waals surface area contributed by atoms with Gasteiger partial charge in [-0.1, -0.05) is 6.07 Å². The van der Waals surface area contributed by atoms with Crippen molar-refractivity contribution in [1.82, 2.24) is 10.2 Å². The van der Waals surface area contributed by atoms with E-state index in [1.807, 2.05) is 14.0 Å². The average molecular weight is 519 g/mol. The van der Waals surface area contributed by atoms with Crippen LogP contribution in [0.5, 0.6) is 11.5 Å². The molecule has 0 spiro atoms. The Hall–Kier alpha value is -1.52. The van der Waals surface area contributed by atoms with Gasteiger partial charge in [0, 0.05) is 31.1 Å². The van der Waals surface area contributed by atoms with Crippen LogP contribution in [0.15, 0.2) is 40.7 Å². The summed E-state index contributed by atoms with van der Waals surface area (Å²) in [5, 5.41) is 16.0. The van der Waals surface area contributed by atoms with E-state index in [1.165, 1.54) is 4.88 Å². The lowest BCUT2D eigenvalue weighted by Gasteiger charge is -2.22. The van der Waals surface area contributed by atoms with Crippen molar-refractivity contribution in [3.63, 3.8) is 0 Å². The summed E-state index contributed by atoms with van der Waals surface area (Å²) in [5.74, 6) is 2.07. The molecule has 0 amide bonds. The Morgan fingerprint density at radius 1 is 1.25 bits per heavy atom. The lowest BCUT2D eigenvalue weighted by Crippen LogP contribution is -2.40. The number of rotatable bonds is 9. The van der Waals surface area contributed by atoms with Crippen LogP contribution in [-0.2, 0) is 6.42 Å².